The average molecular weight is 303 g/mol. The molecular weight excluding hydrogens is 298 g/mol. The SMILES string of the molecule is Cc1cc(I)nc(OC(F)(F)F)c1. The molecule has 0 radical (unpaired) electrons. The number of hydrogen-bond donors (Lipinski definition) is 0. The molecule has 0 N–H and O–H groups in total. The van der Waals surface area contributed by atoms with Gasteiger partial charge >= 0.3 is 6.36 Å². The molecule has 0 amide bonds. The third kappa shape index (κ3) is 3.79. The van der Waals surface area contributed by atoms with Crippen molar-refractivity contribution in [1.82, 2.24) is 4.98 Å². The number of hydrogen-bond acceptors (Lipinski definition) is 2. The Balaban J connectivity index is 2.90. The summed E-state index contributed by atoms with van der Waals surface area (Å²) in [6.45, 7) is 1.67. The summed E-state index contributed by atoms with van der Waals surface area (Å²) < 4.78 is 39.3. The predicted molar refractivity (Wildman–Crippen MR) is 48.4 cm³/mol. The van der Waals surface area contributed by atoms with Gasteiger partial charge in [-0.3, -0.25) is 0 Å². The molecule has 0 aliphatic carbocycles. The highest BCUT2D eigenvalue weighted by atomic mass is 127. The van der Waals surface area contributed by atoms with E-state index in [1.165, 1.54) is 6.07 Å². The Morgan fingerprint density at radius 3 is 2.46 bits per heavy atom. The molecule has 0 spiro atoms. The molecule has 1 aromatic heterocycles. The molecule has 0 aliphatic heterocycles. The van der Waals surface area contributed by atoms with Crippen LogP contribution in [0.2, 0.25) is 0 Å². The zero-order chi connectivity index (χ0) is 10.1. The summed E-state index contributed by atoms with van der Waals surface area (Å²) >= 11 is 1.82. The predicted octanol–water partition coefficient (Wildman–Crippen LogP) is 2.89. The van der Waals surface area contributed by atoms with E-state index in [0.717, 1.165) is 0 Å². The zero-order valence-corrected chi connectivity index (χ0v) is 8.68. The Bertz CT molecular complexity index is 293. The second kappa shape index (κ2) is 3.69. The molecule has 0 atom stereocenters. The Hall–Kier alpha value is -0.530. The van der Waals surface area contributed by atoms with E-state index in [4.69, 9.17) is 0 Å². The Morgan fingerprint density at radius 1 is 1.38 bits per heavy atom. The summed E-state index contributed by atoms with van der Waals surface area (Å²) in [6.07, 6.45) is -4.68. The fourth-order valence-corrected chi connectivity index (χ4v) is 1.49. The average Bonchev–Trinajstić information content (AvgIpc) is 1.78. The van der Waals surface area contributed by atoms with Gasteiger partial charge in [-0.15, -0.1) is 13.2 Å². The molecule has 1 heterocycles. The van der Waals surface area contributed by atoms with Crippen LogP contribution >= 0.6 is 22.6 Å². The van der Waals surface area contributed by atoms with Crippen molar-refractivity contribution in [1.29, 1.82) is 0 Å². The number of alkyl halides is 3. The number of ether oxygens (including phenoxy) is 1. The first-order valence-corrected chi connectivity index (χ1v) is 4.34. The normalized spacial score (nSPS) is 11.5. The Labute approximate surface area is 86.3 Å². The zero-order valence-electron chi connectivity index (χ0n) is 6.52. The van der Waals surface area contributed by atoms with Crippen molar-refractivity contribution in [3.63, 3.8) is 0 Å². The molecule has 0 saturated carbocycles. The molecule has 2 nitrogen and oxygen atoms in total. The molecule has 0 bridgehead atoms. The van der Waals surface area contributed by atoms with Crippen LogP contribution in [-0.2, 0) is 0 Å². The maximum Gasteiger partial charge on any atom is 0.574 e. The highest BCUT2D eigenvalue weighted by Gasteiger charge is 2.31. The molecule has 0 aromatic carbocycles. The van der Waals surface area contributed by atoms with E-state index in [0.29, 0.717) is 9.26 Å². The van der Waals surface area contributed by atoms with Crippen molar-refractivity contribution in [3.05, 3.63) is 21.4 Å². The van der Waals surface area contributed by atoms with Gasteiger partial charge in [0, 0.05) is 6.07 Å². The van der Waals surface area contributed by atoms with Crippen LogP contribution in [-0.4, -0.2) is 11.3 Å². The van der Waals surface area contributed by atoms with Crippen molar-refractivity contribution in [2.24, 2.45) is 0 Å². The minimum Gasteiger partial charge on any atom is -0.388 e. The van der Waals surface area contributed by atoms with Crippen LogP contribution in [0.4, 0.5) is 13.2 Å². The molecule has 6 heteroatoms. The molecule has 0 saturated heterocycles. The third-order valence-electron chi connectivity index (χ3n) is 1.14. The van der Waals surface area contributed by atoms with Gasteiger partial charge in [0.2, 0.25) is 5.88 Å². The van der Waals surface area contributed by atoms with Crippen LogP contribution in [0, 0.1) is 10.6 Å². The van der Waals surface area contributed by atoms with Gasteiger partial charge in [0.15, 0.2) is 0 Å². The van der Waals surface area contributed by atoms with Gasteiger partial charge in [0.25, 0.3) is 0 Å². The van der Waals surface area contributed by atoms with Gasteiger partial charge in [-0.25, -0.2) is 4.98 Å². The molecule has 0 fully saturated rings. The molecule has 1 rings (SSSR count). The lowest BCUT2D eigenvalue weighted by Crippen LogP contribution is -2.18. The fraction of sp³-hybridized carbons (Fsp3) is 0.286. The summed E-state index contributed by atoms with van der Waals surface area (Å²) in [7, 11) is 0. The maximum atomic E-state index is 11.7. The molecule has 72 valence electrons. The maximum absolute atomic E-state index is 11.7. The first kappa shape index (κ1) is 10.6. The van der Waals surface area contributed by atoms with Crippen molar-refractivity contribution in [2.75, 3.05) is 0 Å². The van der Waals surface area contributed by atoms with Gasteiger partial charge in [-0.2, -0.15) is 0 Å². The Morgan fingerprint density at radius 2 is 2.00 bits per heavy atom. The third-order valence-corrected chi connectivity index (χ3v) is 1.69. The van der Waals surface area contributed by atoms with Crippen molar-refractivity contribution in [3.8, 4) is 5.88 Å². The smallest absolute Gasteiger partial charge is 0.388 e. The van der Waals surface area contributed by atoms with E-state index in [1.807, 2.05) is 22.6 Å². The van der Waals surface area contributed by atoms with Crippen LogP contribution in [0.15, 0.2) is 12.1 Å². The lowest BCUT2D eigenvalue weighted by atomic mass is 10.3. The summed E-state index contributed by atoms with van der Waals surface area (Å²) in [4.78, 5) is 3.56. The van der Waals surface area contributed by atoms with Crippen molar-refractivity contribution >= 4 is 22.6 Å². The topological polar surface area (TPSA) is 22.1 Å². The van der Waals surface area contributed by atoms with Gasteiger partial charge in [-0.05, 0) is 41.1 Å². The van der Waals surface area contributed by atoms with Crippen LogP contribution in [0.3, 0.4) is 0 Å². The van der Waals surface area contributed by atoms with Crippen LogP contribution in [0.1, 0.15) is 5.56 Å². The fourth-order valence-electron chi connectivity index (χ4n) is 0.765. The van der Waals surface area contributed by atoms with Gasteiger partial charge in [-0.1, -0.05) is 0 Å². The number of halogens is 4. The molecule has 0 unspecified atom stereocenters. The standard InChI is InChI=1S/C7H5F3INO/c1-4-2-5(11)12-6(3-4)13-7(8,9)10/h2-3H,1H3. The summed E-state index contributed by atoms with van der Waals surface area (Å²) in [5, 5.41) is 0. The number of nitrogens with zero attached hydrogens (tertiary/aromatic N) is 1. The number of pyridine rings is 1. The van der Waals surface area contributed by atoms with E-state index in [1.54, 1.807) is 13.0 Å². The molecular formula is C7H5F3INO. The van der Waals surface area contributed by atoms with Crippen molar-refractivity contribution < 1.29 is 17.9 Å². The second-order valence-corrected chi connectivity index (χ2v) is 3.46. The molecule has 0 aliphatic rings. The largest absolute Gasteiger partial charge is 0.574 e. The lowest BCUT2D eigenvalue weighted by molar-refractivity contribution is -0.276. The van der Waals surface area contributed by atoms with E-state index in [-0.39, 0.29) is 0 Å². The van der Waals surface area contributed by atoms with E-state index < -0.39 is 12.2 Å². The van der Waals surface area contributed by atoms with Crippen LogP contribution in [0.25, 0.3) is 0 Å². The quantitative estimate of drug-likeness (QED) is 0.588. The second-order valence-electron chi connectivity index (χ2n) is 2.35. The number of rotatable bonds is 1. The van der Waals surface area contributed by atoms with Gasteiger partial charge < -0.3 is 4.74 Å². The van der Waals surface area contributed by atoms with E-state index in [9.17, 15) is 13.2 Å². The van der Waals surface area contributed by atoms with Crippen LogP contribution in [0.5, 0.6) is 5.88 Å². The Kier molecular flexibility index (Phi) is 2.99. The summed E-state index contributed by atoms with van der Waals surface area (Å²) in [5.41, 5.74) is 0.679. The minimum absolute atomic E-state index is 0.420. The first-order valence-electron chi connectivity index (χ1n) is 3.27. The summed E-state index contributed by atoms with van der Waals surface area (Å²) in [5.74, 6) is -0.420. The molecule has 1 aromatic rings. The van der Waals surface area contributed by atoms with Crippen LogP contribution < -0.4 is 4.74 Å². The minimum atomic E-state index is -4.68. The lowest BCUT2D eigenvalue weighted by Gasteiger charge is -2.08. The van der Waals surface area contributed by atoms with E-state index >= 15 is 0 Å². The number of aromatic nitrogens is 1. The van der Waals surface area contributed by atoms with Gasteiger partial charge in [0.1, 0.15) is 3.70 Å². The van der Waals surface area contributed by atoms with E-state index in [2.05, 4.69) is 9.72 Å². The highest BCUT2D eigenvalue weighted by Crippen LogP contribution is 2.22. The number of aryl methyl sites for hydroxylation is 1. The highest BCUT2D eigenvalue weighted by molar-refractivity contribution is 14.1. The summed E-state index contributed by atoms with van der Waals surface area (Å²) in [6, 6.07) is 2.89. The monoisotopic (exact) mass is 303 g/mol. The van der Waals surface area contributed by atoms with Crippen molar-refractivity contribution in [2.45, 2.75) is 13.3 Å². The van der Waals surface area contributed by atoms with Gasteiger partial charge in [0.05, 0.1) is 0 Å². The molecule has 13 heavy (non-hydrogen) atoms. The first-order chi connectivity index (χ1) is 5.87.